The summed E-state index contributed by atoms with van der Waals surface area (Å²) in [5.74, 6) is 0.440. The van der Waals surface area contributed by atoms with Gasteiger partial charge in [0.1, 0.15) is 11.6 Å². The lowest BCUT2D eigenvalue weighted by atomic mass is 10.3. The van der Waals surface area contributed by atoms with E-state index < -0.39 is 0 Å². The molecule has 1 aliphatic heterocycles. The summed E-state index contributed by atoms with van der Waals surface area (Å²) in [7, 11) is 2.15. The zero-order valence-corrected chi connectivity index (χ0v) is 10.2. The highest BCUT2D eigenvalue weighted by Crippen LogP contribution is 2.03. The van der Waals surface area contributed by atoms with Gasteiger partial charge in [-0.25, -0.2) is 9.37 Å². The summed E-state index contributed by atoms with van der Waals surface area (Å²) < 4.78 is 12.6. The van der Waals surface area contributed by atoms with Crippen LogP contribution >= 0.6 is 0 Å². The summed E-state index contributed by atoms with van der Waals surface area (Å²) in [6, 6.07) is 3.09. The number of aromatic nitrogens is 1. The van der Waals surface area contributed by atoms with Crippen LogP contribution in [0.5, 0.6) is 0 Å². The lowest BCUT2D eigenvalue weighted by Gasteiger charge is -2.32. The molecule has 0 atom stereocenters. The summed E-state index contributed by atoms with van der Waals surface area (Å²) in [4.78, 5) is 8.73. The van der Waals surface area contributed by atoms with Crippen molar-refractivity contribution in [3.8, 4) is 0 Å². The predicted octanol–water partition coefficient (Wildman–Crippen LogP) is 0.880. The molecule has 1 N–H and O–H groups in total. The van der Waals surface area contributed by atoms with Gasteiger partial charge in [-0.15, -0.1) is 0 Å². The normalized spacial score (nSPS) is 18.2. The zero-order chi connectivity index (χ0) is 12.1. The zero-order valence-electron chi connectivity index (χ0n) is 10.2. The van der Waals surface area contributed by atoms with Gasteiger partial charge < -0.3 is 10.2 Å². The summed E-state index contributed by atoms with van der Waals surface area (Å²) >= 11 is 0. The molecule has 0 bridgehead atoms. The molecule has 5 heteroatoms. The van der Waals surface area contributed by atoms with E-state index in [4.69, 9.17) is 0 Å². The Morgan fingerprint density at radius 3 is 2.71 bits per heavy atom. The highest BCUT2D eigenvalue weighted by molar-refractivity contribution is 5.33. The van der Waals surface area contributed by atoms with Crippen molar-refractivity contribution < 1.29 is 4.39 Å². The van der Waals surface area contributed by atoms with Gasteiger partial charge in [-0.1, -0.05) is 0 Å². The van der Waals surface area contributed by atoms with Crippen LogP contribution in [0.25, 0.3) is 0 Å². The van der Waals surface area contributed by atoms with E-state index in [1.807, 2.05) is 0 Å². The van der Waals surface area contributed by atoms with Gasteiger partial charge in [0.25, 0.3) is 0 Å². The fraction of sp³-hybridized carbons (Fsp3) is 0.583. The molecule has 1 aliphatic rings. The molecule has 0 radical (unpaired) electrons. The molecule has 1 fully saturated rings. The lowest BCUT2D eigenvalue weighted by Crippen LogP contribution is -2.45. The number of rotatable bonds is 4. The van der Waals surface area contributed by atoms with Gasteiger partial charge >= 0.3 is 0 Å². The predicted molar refractivity (Wildman–Crippen MR) is 66.6 cm³/mol. The summed E-state index contributed by atoms with van der Waals surface area (Å²) in [6.07, 6.45) is 1.23. The topological polar surface area (TPSA) is 31.4 Å². The SMILES string of the molecule is CN1CCN(CCNc2ccc(F)cn2)CC1. The van der Waals surface area contributed by atoms with E-state index in [9.17, 15) is 4.39 Å². The second-order valence-electron chi connectivity index (χ2n) is 4.43. The summed E-state index contributed by atoms with van der Waals surface area (Å²) in [6.45, 7) is 6.36. The molecular formula is C12H19FN4. The van der Waals surface area contributed by atoms with Crippen LogP contribution in [-0.4, -0.2) is 61.1 Å². The van der Waals surface area contributed by atoms with E-state index in [0.717, 1.165) is 45.1 Å². The third kappa shape index (κ3) is 3.94. The average molecular weight is 238 g/mol. The number of pyridine rings is 1. The fourth-order valence-electron chi connectivity index (χ4n) is 1.89. The van der Waals surface area contributed by atoms with Crippen LogP contribution in [-0.2, 0) is 0 Å². The molecule has 0 saturated carbocycles. The first-order valence-electron chi connectivity index (χ1n) is 6.00. The Morgan fingerprint density at radius 2 is 2.06 bits per heavy atom. The molecule has 0 amide bonds. The number of likely N-dealkylation sites (N-methyl/N-ethyl adjacent to an activating group) is 1. The molecule has 0 aliphatic carbocycles. The largest absolute Gasteiger partial charge is 0.369 e. The Balaban J connectivity index is 1.67. The molecule has 1 aromatic heterocycles. The molecule has 1 aromatic rings. The molecule has 0 aromatic carbocycles. The molecule has 94 valence electrons. The van der Waals surface area contributed by atoms with Gasteiger partial charge in [-0.3, -0.25) is 4.90 Å². The van der Waals surface area contributed by atoms with E-state index >= 15 is 0 Å². The molecule has 2 rings (SSSR count). The Kier molecular flexibility index (Phi) is 4.28. The van der Waals surface area contributed by atoms with Crippen LogP contribution in [0.15, 0.2) is 18.3 Å². The van der Waals surface area contributed by atoms with Crippen molar-refractivity contribution in [2.75, 3.05) is 51.6 Å². The van der Waals surface area contributed by atoms with Crippen molar-refractivity contribution in [1.29, 1.82) is 0 Å². The second kappa shape index (κ2) is 5.93. The lowest BCUT2D eigenvalue weighted by molar-refractivity contribution is 0.158. The van der Waals surface area contributed by atoms with E-state index in [1.165, 1.54) is 12.3 Å². The van der Waals surface area contributed by atoms with Crippen LogP contribution in [0.2, 0.25) is 0 Å². The average Bonchev–Trinajstić information content (AvgIpc) is 2.34. The third-order valence-corrected chi connectivity index (χ3v) is 3.06. The number of nitrogens with zero attached hydrogens (tertiary/aromatic N) is 3. The van der Waals surface area contributed by atoms with Gasteiger partial charge in [0.15, 0.2) is 0 Å². The second-order valence-corrected chi connectivity index (χ2v) is 4.43. The molecule has 4 nitrogen and oxygen atoms in total. The van der Waals surface area contributed by atoms with Crippen molar-refractivity contribution in [2.45, 2.75) is 0 Å². The van der Waals surface area contributed by atoms with Gasteiger partial charge in [-0.05, 0) is 19.2 Å². The highest BCUT2D eigenvalue weighted by Gasteiger charge is 2.12. The minimum absolute atomic E-state index is 0.297. The molecule has 1 saturated heterocycles. The first-order chi connectivity index (χ1) is 8.24. The van der Waals surface area contributed by atoms with Crippen LogP contribution < -0.4 is 5.32 Å². The van der Waals surface area contributed by atoms with E-state index in [2.05, 4.69) is 27.1 Å². The maximum atomic E-state index is 12.6. The molecule has 17 heavy (non-hydrogen) atoms. The highest BCUT2D eigenvalue weighted by atomic mass is 19.1. The van der Waals surface area contributed by atoms with E-state index in [1.54, 1.807) is 6.07 Å². The Bertz CT molecular complexity index is 333. The standard InChI is InChI=1S/C12H19FN4/c1-16-6-8-17(9-7-16)5-4-14-12-3-2-11(13)10-15-12/h2-3,10H,4-9H2,1H3,(H,14,15). The van der Waals surface area contributed by atoms with Crippen LogP contribution in [0.1, 0.15) is 0 Å². The number of piperazine rings is 1. The van der Waals surface area contributed by atoms with Crippen molar-refractivity contribution in [1.82, 2.24) is 14.8 Å². The Morgan fingerprint density at radius 1 is 1.29 bits per heavy atom. The van der Waals surface area contributed by atoms with Gasteiger partial charge in [0.05, 0.1) is 6.20 Å². The molecule has 2 heterocycles. The number of nitrogens with one attached hydrogen (secondary N) is 1. The smallest absolute Gasteiger partial charge is 0.141 e. The van der Waals surface area contributed by atoms with Crippen molar-refractivity contribution in [3.63, 3.8) is 0 Å². The molecular weight excluding hydrogens is 219 g/mol. The summed E-state index contributed by atoms with van der Waals surface area (Å²) in [5.41, 5.74) is 0. The maximum Gasteiger partial charge on any atom is 0.141 e. The quantitative estimate of drug-likeness (QED) is 0.844. The molecule has 0 spiro atoms. The first-order valence-corrected chi connectivity index (χ1v) is 6.00. The fourth-order valence-corrected chi connectivity index (χ4v) is 1.89. The number of halogens is 1. The minimum Gasteiger partial charge on any atom is -0.369 e. The van der Waals surface area contributed by atoms with Crippen molar-refractivity contribution in [2.24, 2.45) is 0 Å². The minimum atomic E-state index is -0.297. The first kappa shape index (κ1) is 12.3. The van der Waals surface area contributed by atoms with Crippen LogP contribution in [0.4, 0.5) is 10.2 Å². The van der Waals surface area contributed by atoms with Crippen molar-refractivity contribution in [3.05, 3.63) is 24.1 Å². The summed E-state index contributed by atoms with van der Waals surface area (Å²) in [5, 5.41) is 3.20. The number of anilines is 1. The number of hydrogen-bond acceptors (Lipinski definition) is 4. The van der Waals surface area contributed by atoms with Gasteiger partial charge in [-0.2, -0.15) is 0 Å². The third-order valence-electron chi connectivity index (χ3n) is 3.06. The van der Waals surface area contributed by atoms with Gasteiger partial charge in [0.2, 0.25) is 0 Å². The van der Waals surface area contributed by atoms with E-state index in [0.29, 0.717) is 0 Å². The maximum absolute atomic E-state index is 12.6. The molecule has 0 unspecified atom stereocenters. The van der Waals surface area contributed by atoms with Crippen molar-refractivity contribution >= 4 is 5.82 Å². The van der Waals surface area contributed by atoms with E-state index in [-0.39, 0.29) is 5.82 Å². The Hall–Kier alpha value is -1.20. The number of hydrogen-bond donors (Lipinski definition) is 1. The van der Waals surface area contributed by atoms with Crippen LogP contribution in [0.3, 0.4) is 0 Å². The van der Waals surface area contributed by atoms with Crippen LogP contribution in [0, 0.1) is 5.82 Å². The van der Waals surface area contributed by atoms with Gasteiger partial charge in [0, 0.05) is 39.3 Å². The Labute approximate surface area is 101 Å². The monoisotopic (exact) mass is 238 g/mol.